The molecule has 26 heavy (non-hydrogen) atoms. The molecule has 0 aliphatic rings. The summed E-state index contributed by atoms with van der Waals surface area (Å²) < 4.78 is 19.5. The van der Waals surface area contributed by atoms with E-state index in [9.17, 15) is 4.39 Å². The first kappa shape index (κ1) is 16.4. The summed E-state index contributed by atoms with van der Waals surface area (Å²) in [5, 5.41) is 9.72. The molecule has 1 N–H and O–H groups in total. The average Bonchev–Trinajstić information content (AvgIpc) is 3.09. The highest BCUT2D eigenvalue weighted by Gasteiger charge is 2.22. The SMILES string of the molecule is Cc1nc([C@@H](NCc2cccc3ccccc23)c2ccccc2F)no1. The smallest absolute Gasteiger partial charge is 0.223 e. The van der Waals surface area contributed by atoms with Gasteiger partial charge < -0.3 is 4.52 Å². The second kappa shape index (κ2) is 7.06. The zero-order valence-electron chi connectivity index (χ0n) is 14.3. The van der Waals surface area contributed by atoms with Crippen molar-refractivity contribution in [3.63, 3.8) is 0 Å². The summed E-state index contributed by atoms with van der Waals surface area (Å²) in [6.45, 7) is 2.27. The predicted octanol–water partition coefficient (Wildman–Crippen LogP) is 4.55. The predicted molar refractivity (Wildman–Crippen MR) is 98.1 cm³/mol. The Balaban J connectivity index is 1.68. The maximum absolute atomic E-state index is 14.4. The van der Waals surface area contributed by atoms with Crippen LogP contribution in [0.3, 0.4) is 0 Å². The van der Waals surface area contributed by atoms with Crippen molar-refractivity contribution in [1.82, 2.24) is 15.5 Å². The quantitative estimate of drug-likeness (QED) is 0.575. The minimum absolute atomic E-state index is 0.301. The molecule has 0 radical (unpaired) electrons. The summed E-state index contributed by atoms with van der Waals surface area (Å²) in [7, 11) is 0. The van der Waals surface area contributed by atoms with Crippen molar-refractivity contribution >= 4 is 10.8 Å². The van der Waals surface area contributed by atoms with Gasteiger partial charge in [-0.1, -0.05) is 65.8 Å². The number of aromatic nitrogens is 2. The van der Waals surface area contributed by atoms with E-state index in [0.29, 0.717) is 23.8 Å². The Labute approximate surface area is 150 Å². The number of halogens is 1. The lowest BCUT2D eigenvalue weighted by Crippen LogP contribution is -2.24. The normalized spacial score (nSPS) is 12.4. The Kier molecular flexibility index (Phi) is 4.46. The summed E-state index contributed by atoms with van der Waals surface area (Å²) in [5.41, 5.74) is 1.62. The highest BCUT2D eigenvalue weighted by molar-refractivity contribution is 5.85. The summed E-state index contributed by atoms with van der Waals surface area (Å²) in [6, 6.07) is 20.5. The van der Waals surface area contributed by atoms with Gasteiger partial charge >= 0.3 is 0 Å². The van der Waals surface area contributed by atoms with E-state index in [1.54, 1.807) is 25.1 Å². The van der Waals surface area contributed by atoms with E-state index in [0.717, 1.165) is 5.56 Å². The molecule has 0 unspecified atom stereocenters. The lowest BCUT2D eigenvalue weighted by Gasteiger charge is -2.17. The van der Waals surface area contributed by atoms with Crippen LogP contribution in [0.4, 0.5) is 4.39 Å². The molecule has 0 spiro atoms. The Morgan fingerprint density at radius 2 is 1.77 bits per heavy atom. The summed E-state index contributed by atoms with van der Waals surface area (Å²) in [4.78, 5) is 4.30. The first-order valence-corrected chi connectivity index (χ1v) is 8.47. The van der Waals surface area contributed by atoms with Crippen LogP contribution in [0.15, 0.2) is 71.3 Å². The Hall–Kier alpha value is -3.05. The molecule has 0 bridgehead atoms. The van der Waals surface area contributed by atoms with Crippen LogP contribution < -0.4 is 5.32 Å². The highest BCUT2D eigenvalue weighted by atomic mass is 19.1. The van der Waals surface area contributed by atoms with E-state index < -0.39 is 6.04 Å². The summed E-state index contributed by atoms with van der Waals surface area (Å²) in [6.07, 6.45) is 0. The number of nitrogens with one attached hydrogen (secondary N) is 1. The largest absolute Gasteiger partial charge is 0.340 e. The second-order valence-electron chi connectivity index (χ2n) is 6.15. The van der Waals surface area contributed by atoms with Crippen molar-refractivity contribution in [2.45, 2.75) is 19.5 Å². The molecule has 1 aromatic heterocycles. The molecule has 130 valence electrons. The molecule has 4 aromatic rings. The van der Waals surface area contributed by atoms with Crippen molar-refractivity contribution in [3.8, 4) is 0 Å². The monoisotopic (exact) mass is 347 g/mol. The van der Waals surface area contributed by atoms with E-state index in [-0.39, 0.29) is 5.82 Å². The van der Waals surface area contributed by atoms with Gasteiger partial charge in [0.25, 0.3) is 0 Å². The Morgan fingerprint density at radius 3 is 2.58 bits per heavy atom. The van der Waals surface area contributed by atoms with Crippen molar-refractivity contribution in [1.29, 1.82) is 0 Å². The van der Waals surface area contributed by atoms with Crippen molar-refractivity contribution in [2.75, 3.05) is 0 Å². The molecule has 0 fully saturated rings. The van der Waals surface area contributed by atoms with Gasteiger partial charge in [-0.15, -0.1) is 0 Å². The number of nitrogens with zero attached hydrogens (tertiary/aromatic N) is 2. The minimum atomic E-state index is -0.493. The van der Waals surface area contributed by atoms with Gasteiger partial charge in [0, 0.05) is 19.0 Å². The maximum atomic E-state index is 14.4. The van der Waals surface area contributed by atoms with Crippen molar-refractivity contribution in [2.24, 2.45) is 0 Å². The minimum Gasteiger partial charge on any atom is -0.340 e. The lowest BCUT2D eigenvalue weighted by molar-refractivity contribution is 0.380. The molecular formula is C21H18FN3O. The van der Waals surface area contributed by atoms with Gasteiger partial charge in [0.1, 0.15) is 5.82 Å². The third-order valence-electron chi connectivity index (χ3n) is 4.39. The van der Waals surface area contributed by atoms with Crippen LogP contribution in [-0.4, -0.2) is 10.1 Å². The van der Waals surface area contributed by atoms with Crippen LogP contribution in [0.5, 0.6) is 0 Å². The first-order chi connectivity index (χ1) is 12.7. The second-order valence-corrected chi connectivity index (χ2v) is 6.15. The van der Waals surface area contributed by atoms with Crippen LogP contribution in [0, 0.1) is 12.7 Å². The fourth-order valence-electron chi connectivity index (χ4n) is 3.14. The van der Waals surface area contributed by atoms with Crippen LogP contribution in [0.2, 0.25) is 0 Å². The Bertz CT molecular complexity index is 1040. The standard InChI is InChI=1S/C21H18FN3O/c1-14-24-21(25-26-14)20(18-11-4-5-12-19(18)22)23-13-16-9-6-8-15-7-2-3-10-17(15)16/h2-12,20,23H,13H2,1H3/t20-/m0/s1. The molecule has 1 heterocycles. The first-order valence-electron chi connectivity index (χ1n) is 8.47. The molecule has 1 atom stereocenters. The van der Waals surface area contributed by atoms with Crippen LogP contribution in [0.1, 0.15) is 28.9 Å². The van der Waals surface area contributed by atoms with E-state index in [1.807, 2.05) is 18.2 Å². The molecular weight excluding hydrogens is 329 g/mol. The molecule has 4 rings (SSSR count). The van der Waals surface area contributed by atoms with Crippen LogP contribution in [0.25, 0.3) is 10.8 Å². The fraction of sp³-hybridized carbons (Fsp3) is 0.143. The zero-order valence-corrected chi connectivity index (χ0v) is 14.3. The molecule has 3 aromatic carbocycles. The van der Waals surface area contributed by atoms with Gasteiger partial charge in [0.05, 0.1) is 6.04 Å². The number of hydrogen-bond donors (Lipinski definition) is 1. The van der Waals surface area contributed by atoms with Gasteiger partial charge in [-0.2, -0.15) is 4.98 Å². The van der Waals surface area contributed by atoms with Gasteiger partial charge in [-0.05, 0) is 22.4 Å². The summed E-state index contributed by atoms with van der Waals surface area (Å²) >= 11 is 0. The fourth-order valence-corrected chi connectivity index (χ4v) is 3.14. The van der Waals surface area contributed by atoms with E-state index in [4.69, 9.17) is 4.52 Å². The van der Waals surface area contributed by atoms with Crippen molar-refractivity contribution < 1.29 is 8.91 Å². The number of fused-ring (bicyclic) bond motifs is 1. The number of hydrogen-bond acceptors (Lipinski definition) is 4. The number of aryl methyl sites for hydroxylation is 1. The molecule has 0 saturated carbocycles. The van der Waals surface area contributed by atoms with Gasteiger partial charge in [-0.3, -0.25) is 5.32 Å². The molecule has 0 aliphatic carbocycles. The van der Waals surface area contributed by atoms with Gasteiger partial charge in [0.15, 0.2) is 5.82 Å². The topological polar surface area (TPSA) is 51.0 Å². The molecule has 0 amide bonds. The van der Waals surface area contributed by atoms with E-state index >= 15 is 0 Å². The molecule has 0 aliphatic heterocycles. The van der Waals surface area contributed by atoms with Crippen molar-refractivity contribution in [3.05, 3.63) is 95.4 Å². The zero-order chi connectivity index (χ0) is 17.9. The molecule has 5 heteroatoms. The van der Waals surface area contributed by atoms with E-state index in [2.05, 4.69) is 39.7 Å². The third kappa shape index (κ3) is 3.21. The summed E-state index contributed by atoms with van der Waals surface area (Å²) in [5.74, 6) is 0.575. The lowest BCUT2D eigenvalue weighted by atomic mass is 10.0. The average molecular weight is 347 g/mol. The Morgan fingerprint density at radius 1 is 1.00 bits per heavy atom. The highest BCUT2D eigenvalue weighted by Crippen LogP contribution is 2.24. The van der Waals surface area contributed by atoms with Gasteiger partial charge in [-0.25, -0.2) is 4.39 Å². The molecule has 4 nitrogen and oxygen atoms in total. The maximum Gasteiger partial charge on any atom is 0.223 e. The van der Waals surface area contributed by atoms with Crippen LogP contribution in [-0.2, 0) is 6.54 Å². The van der Waals surface area contributed by atoms with Crippen LogP contribution >= 0.6 is 0 Å². The van der Waals surface area contributed by atoms with E-state index in [1.165, 1.54) is 16.8 Å². The molecule has 0 saturated heterocycles. The number of benzene rings is 3. The third-order valence-corrected chi connectivity index (χ3v) is 4.39. The number of rotatable bonds is 5. The van der Waals surface area contributed by atoms with Gasteiger partial charge in [0.2, 0.25) is 5.89 Å².